The van der Waals surface area contributed by atoms with Crippen LogP contribution in [0.15, 0.2) is 53.9 Å². The number of rotatable bonds is 6. The van der Waals surface area contributed by atoms with E-state index in [4.69, 9.17) is 0 Å². The van der Waals surface area contributed by atoms with Gasteiger partial charge in [0, 0.05) is 29.3 Å². The Bertz CT molecular complexity index is 995. The fraction of sp³-hybridized carbons (Fsp3) is 0.261. The molecule has 0 aliphatic heterocycles. The summed E-state index contributed by atoms with van der Waals surface area (Å²) in [6.45, 7) is 0. The summed E-state index contributed by atoms with van der Waals surface area (Å²) >= 11 is 1.39. The van der Waals surface area contributed by atoms with Crippen molar-refractivity contribution in [2.75, 3.05) is 5.32 Å². The number of aryl methyl sites for hydroxylation is 2. The number of amides is 1. The molecule has 0 saturated heterocycles. The maximum absolute atomic E-state index is 12.5. The smallest absolute Gasteiger partial charge is 0.226 e. The van der Waals surface area contributed by atoms with Crippen LogP contribution in [0.4, 0.5) is 5.13 Å². The molecule has 28 heavy (non-hydrogen) atoms. The van der Waals surface area contributed by atoms with Gasteiger partial charge in [0.05, 0.1) is 5.69 Å². The number of ketones is 1. The fourth-order valence-electron chi connectivity index (χ4n) is 3.53. The second-order valence-electron chi connectivity index (χ2n) is 7.07. The second kappa shape index (κ2) is 8.48. The van der Waals surface area contributed by atoms with Crippen LogP contribution in [0.3, 0.4) is 0 Å². The van der Waals surface area contributed by atoms with Crippen molar-refractivity contribution in [2.24, 2.45) is 0 Å². The Hall–Kier alpha value is -2.79. The summed E-state index contributed by atoms with van der Waals surface area (Å²) in [6, 6.07) is 15.8. The molecule has 0 unspecified atom stereocenters. The Morgan fingerprint density at radius 1 is 0.964 bits per heavy atom. The molecule has 0 fully saturated rings. The van der Waals surface area contributed by atoms with Crippen LogP contribution in [0.25, 0.3) is 11.3 Å². The van der Waals surface area contributed by atoms with E-state index < -0.39 is 0 Å². The zero-order valence-corrected chi connectivity index (χ0v) is 16.4. The van der Waals surface area contributed by atoms with Crippen molar-refractivity contribution < 1.29 is 9.59 Å². The van der Waals surface area contributed by atoms with Crippen LogP contribution < -0.4 is 5.32 Å². The minimum Gasteiger partial charge on any atom is -0.302 e. The first kappa shape index (κ1) is 18.6. The first-order chi connectivity index (χ1) is 13.7. The van der Waals surface area contributed by atoms with Gasteiger partial charge in [-0.15, -0.1) is 11.3 Å². The predicted octanol–water partition coefficient (Wildman–Crippen LogP) is 5.29. The maximum atomic E-state index is 12.5. The molecule has 1 heterocycles. The van der Waals surface area contributed by atoms with E-state index in [1.54, 1.807) is 0 Å². The van der Waals surface area contributed by atoms with Crippen molar-refractivity contribution in [1.82, 2.24) is 4.98 Å². The van der Waals surface area contributed by atoms with Gasteiger partial charge in [-0.2, -0.15) is 0 Å². The van der Waals surface area contributed by atoms with E-state index >= 15 is 0 Å². The molecule has 1 amide bonds. The van der Waals surface area contributed by atoms with Crippen LogP contribution in [-0.4, -0.2) is 16.7 Å². The minimum absolute atomic E-state index is 0.0210. The van der Waals surface area contributed by atoms with E-state index in [1.165, 1.54) is 35.3 Å². The Labute approximate surface area is 168 Å². The number of thiazole rings is 1. The summed E-state index contributed by atoms with van der Waals surface area (Å²) in [4.78, 5) is 29.2. The van der Waals surface area contributed by atoms with E-state index in [0.717, 1.165) is 24.1 Å². The topological polar surface area (TPSA) is 59.1 Å². The quantitative estimate of drug-likeness (QED) is 0.582. The summed E-state index contributed by atoms with van der Waals surface area (Å²) in [5, 5.41) is 5.29. The number of carbonyl (C=O) groups excluding carboxylic acids is 2. The Morgan fingerprint density at radius 3 is 2.57 bits per heavy atom. The fourth-order valence-corrected chi connectivity index (χ4v) is 4.27. The van der Waals surface area contributed by atoms with E-state index in [9.17, 15) is 9.59 Å². The Morgan fingerprint density at radius 2 is 1.75 bits per heavy atom. The number of carbonyl (C=O) groups is 2. The first-order valence-corrected chi connectivity index (χ1v) is 10.5. The third kappa shape index (κ3) is 4.37. The molecule has 1 N–H and O–H groups in total. The van der Waals surface area contributed by atoms with Crippen LogP contribution in [-0.2, 0) is 17.6 Å². The molecular weight excluding hydrogens is 368 g/mol. The summed E-state index contributed by atoms with van der Waals surface area (Å²) in [6.07, 6.45) is 4.93. The highest BCUT2D eigenvalue weighted by atomic mass is 32.1. The molecule has 0 radical (unpaired) electrons. The van der Waals surface area contributed by atoms with Crippen molar-refractivity contribution in [3.05, 3.63) is 70.6 Å². The molecule has 0 saturated carbocycles. The van der Waals surface area contributed by atoms with Gasteiger partial charge in [-0.3, -0.25) is 9.59 Å². The summed E-state index contributed by atoms with van der Waals surface area (Å²) in [7, 11) is 0. The standard InChI is InChI=1S/C23H22N2O2S/c26-21(19-11-10-16-6-4-5-9-18(16)14-19)12-13-22(27)25-23-24-20(15-28-23)17-7-2-1-3-8-17/h1-3,7-8,10-11,14-15H,4-6,9,12-13H2,(H,24,25,27). The average Bonchev–Trinajstić information content (AvgIpc) is 3.20. The lowest BCUT2D eigenvalue weighted by Crippen LogP contribution is -2.14. The van der Waals surface area contributed by atoms with Crippen molar-refractivity contribution in [1.29, 1.82) is 0 Å². The molecule has 142 valence electrons. The Balaban J connectivity index is 1.32. The molecule has 4 rings (SSSR count). The van der Waals surface area contributed by atoms with E-state index in [2.05, 4.69) is 16.4 Å². The van der Waals surface area contributed by atoms with E-state index in [-0.39, 0.29) is 24.5 Å². The number of hydrogen-bond acceptors (Lipinski definition) is 4. The highest BCUT2D eigenvalue weighted by Gasteiger charge is 2.15. The number of nitrogens with one attached hydrogen (secondary N) is 1. The zero-order chi connectivity index (χ0) is 19.3. The van der Waals surface area contributed by atoms with Gasteiger partial charge in [-0.1, -0.05) is 42.5 Å². The molecule has 0 spiro atoms. The zero-order valence-electron chi connectivity index (χ0n) is 15.6. The van der Waals surface area contributed by atoms with E-state index in [0.29, 0.717) is 10.7 Å². The number of nitrogens with zero attached hydrogens (tertiary/aromatic N) is 1. The van der Waals surface area contributed by atoms with Crippen LogP contribution in [0.2, 0.25) is 0 Å². The maximum Gasteiger partial charge on any atom is 0.226 e. The SMILES string of the molecule is O=C(CCC(=O)c1ccc2c(c1)CCCC2)Nc1nc(-c2ccccc2)cs1. The van der Waals surface area contributed by atoms with Crippen LogP contribution in [0.1, 0.15) is 47.2 Å². The number of Topliss-reactive ketones (excluding diaryl/α,β-unsaturated/α-hetero) is 1. The number of fused-ring (bicyclic) bond motifs is 1. The molecule has 1 aromatic heterocycles. The first-order valence-electron chi connectivity index (χ1n) is 9.65. The summed E-state index contributed by atoms with van der Waals surface area (Å²) < 4.78 is 0. The molecule has 2 aromatic carbocycles. The Kier molecular flexibility index (Phi) is 5.63. The number of aromatic nitrogens is 1. The molecular formula is C23H22N2O2S. The van der Waals surface area contributed by atoms with Gasteiger partial charge in [-0.05, 0) is 42.9 Å². The van der Waals surface area contributed by atoms with Crippen molar-refractivity contribution in [3.8, 4) is 11.3 Å². The number of anilines is 1. The van der Waals surface area contributed by atoms with Gasteiger partial charge >= 0.3 is 0 Å². The predicted molar refractivity (Wildman–Crippen MR) is 113 cm³/mol. The third-order valence-electron chi connectivity index (χ3n) is 5.07. The van der Waals surface area contributed by atoms with Crippen molar-refractivity contribution >= 4 is 28.2 Å². The monoisotopic (exact) mass is 390 g/mol. The van der Waals surface area contributed by atoms with Gasteiger partial charge in [-0.25, -0.2) is 4.98 Å². The lowest BCUT2D eigenvalue weighted by molar-refractivity contribution is -0.116. The van der Waals surface area contributed by atoms with Gasteiger partial charge in [0.25, 0.3) is 0 Å². The molecule has 3 aromatic rings. The number of hydrogen-bond donors (Lipinski definition) is 1. The summed E-state index contributed by atoms with van der Waals surface area (Å²) in [5.74, 6) is -0.159. The molecule has 0 atom stereocenters. The highest BCUT2D eigenvalue weighted by molar-refractivity contribution is 7.14. The van der Waals surface area contributed by atoms with Gasteiger partial charge < -0.3 is 5.32 Å². The third-order valence-corrected chi connectivity index (χ3v) is 5.83. The normalized spacial score (nSPS) is 13.0. The second-order valence-corrected chi connectivity index (χ2v) is 7.92. The lowest BCUT2D eigenvalue weighted by atomic mass is 9.89. The lowest BCUT2D eigenvalue weighted by Gasteiger charge is -2.16. The molecule has 5 heteroatoms. The van der Waals surface area contributed by atoms with E-state index in [1.807, 2.05) is 47.8 Å². The molecule has 0 bridgehead atoms. The largest absolute Gasteiger partial charge is 0.302 e. The average molecular weight is 391 g/mol. The van der Waals surface area contributed by atoms with Crippen LogP contribution >= 0.6 is 11.3 Å². The van der Waals surface area contributed by atoms with Crippen LogP contribution in [0.5, 0.6) is 0 Å². The van der Waals surface area contributed by atoms with Gasteiger partial charge in [0.1, 0.15) is 0 Å². The molecule has 1 aliphatic carbocycles. The van der Waals surface area contributed by atoms with Crippen molar-refractivity contribution in [2.45, 2.75) is 38.5 Å². The highest BCUT2D eigenvalue weighted by Crippen LogP contribution is 2.25. The number of benzene rings is 2. The summed E-state index contributed by atoms with van der Waals surface area (Å²) in [5.41, 5.74) is 5.22. The molecule has 1 aliphatic rings. The van der Waals surface area contributed by atoms with Gasteiger partial charge in [0.2, 0.25) is 5.91 Å². The van der Waals surface area contributed by atoms with Gasteiger partial charge in [0.15, 0.2) is 10.9 Å². The molecule has 4 nitrogen and oxygen atoms in total. The van der Waals surface area contributed by atoms with Crippen molar-refractivity contribution in [3.63, 3.8) is 0 Å². The minimum atomic E-state index is -0.180. The van der Waals surface area contributed by atoms with Crippen LogP contribution in [0, 0.1) is 0 Å².